The number of hydrogen-bond donors (Lipinski definition) is 0. The lowest BCUT2D eigenvalue weighted by atomic mass is 10.00. The molecule has 7 heteroatoms. The molecule has 1 aromatic rings. The highest BCUT2D eigenvalue weighted by molar-refractivity contribution is 8.00. The first-order chi connectivity index (χ1) is 12.3. The van der Waals surface area contributed by atoms with Gasteiger partial charge in [-0.2, -0.15) is 0 Å². The smallest absolute Gasteiger partial charge is 0.244 e. The molecule has 0 radical (unpaired) electrons. The van der Waals surface area contributed by atoms with Crippen molar-refractivity contribution in [3.8, 4) is 11.5 Å². The van der Waals surface area contributed by atoms with E-state index in [2.05, 4.69) is 13.8 Å². The van der Waals surface area contributed by atoms with Gasteiger partial charge in [0.2, 0.25) is 11.8 Å². The highest BCUT2D eigenvalue weighted by Crippen LogP contribution is 2.45. The van der Waals surface area contributed by atoms with E-state index in [0.29, 0.717) is 23.7 Å². The molecule has 2 atom stereocenters. The van der Waals surface area contributed by atoms with Crippen molar-refractivity contribution < 1.29 is 19.1 Å². The third-order valence-electron chi connectivity index (χ3n) is 4.36. The van der Waals surface area contributed by atoms with Crippen molar-refractivity contribution in [2.45, 2.75) is 31.7 Å². The van der Waals surface area contributed by atoms with Gasteiger partial charge in [0.05, 0.1) is 20.0 Å². The summed E-state index contributed by atoms with van der Waals surface area (Å²) in [6, 6.07) is 5.05. The first-order valence-corrected chi connectivity index (χ1v) is 9.70. The maximum atomic E-state index is 12.8. The van der Waals surface area contributed by atoms with Gasteiger partial charge in [0.1, 0.15) is 22.9 Å². The van der Waals surface area contributed by atoms with E-state index >= 15 is 0 Å². The third-order valence-corrected chi connectivity index (χ3v) is 5.57. The van der Waals surface area contributed by atoms with Gasteiger partial charge < -0.3 is 19.3 Å². The summed E-state index contributed by atoms with van der Waals surface area (Å²) in [6.45, 7) is 4.12. The molecule has 26 heavy (non-hydrogen) atoms. The van der Waals surface area contributed by atoms with Crippen LogP contribution in [0.25, 0.3) is 0 Å². The Labute approximate surface area is 159 Å². The van der Waals surface area contributed by atoms with E-state index < -0.39 is 6.04 Å². The molecule has 0 spiro atoms. The van der Waals surface area contributed by atoms with Crippen LogP contribution in [0.15, 0.2) is 18.2 Å². The molecule has 144 valence electrons. The Kier molecular flexibility index (Phi) is 6.81. The number of carbonyl (C=O) groups is 2. The van der Waals surface area contributed by atoms with E-state index in [-0.39, 0.29) is 23.1 Å². The molecule has 1 aliphatic rings. The van der Waals surface area contributed by atoms with Crippen molar-refractivity contribution >= 4 is 23.6 Å². The van der Waals surface area contributed by atoms with Crippen LogP contribution in [0.4, 0.5) is 0 Å². The summed E-state index contributed by atoms with van der Waals surface area (Å²) >= 11 is 1.52. The highest BCUT2D eigenvalue weighted by atomic mass is 32.2. The number of methoxy groups -OCH3 is 2. The molecule has 0 aliphatic carbocycles. The average molecular weight is 381 g/mol. The zero-order valence-corrected chi connectivity index (χ0v) is 17.1. The van der Waals surface area contributed by atoms with Gasteiger partial charge in [-0.3, -0.25) is 9.59 Å². The average Bonchev–Trinajstić information content (AvgIpc) is 2.99. The number of likely N-dealkylation sites (N-methyl/N-ethyl adjacent to an activating group) is 1. The number of carbonyl (C=O) groups excluding carboxylic acids is 2. The lowest BCUT2D eigenvalue weighted by Gasteiger charge is -2.34. The monoisotopic (exact) mass is 380 g/mol. The fourth-order valence-electron chi connectivity index (χ4n) is 3.12. The van der Waals surface area contributed by atoms with Crippen LogP contribution in [0.2, 0.25) is 0 Å². The summed E-state index contributed by atoms with van der Waals surface area (Å²) in [6.07, 6.45) is 0.617. The fourth-order valence-corrected chi connectivity index (χ4v) is 4.36. The van der Waals surface area contributed by atoms with Crippen LogP contribution < -0.4 is 9.47 Å². The van der Waals surface area contributed by atoms with Gasteiger partial charge in [-0.05, 0) is 30.5 Å². The molecule has 2 amide bonds. The Morgan fingerprint density at radius 1 is 1.31 bits per heavy atom. The number of benzene rings is 1. The molecule has 0 unspecified atom stereocenters. The highest BCUT2D eigenvalue weighted by Gasteiger charge is 2.42. The van der Waals surface area contributed by atoms with E-state index in [9.17, 15) is 9.59 Å². The van der Waals surface area contributed by atoms with Crippen LogP contribution in [0.5, 0.6) is 11.5 Å². The Bertz CT molecular complexity index is 663. The number of thioether (sulfide) groups is 1. The van der Waals surface area contributed by atoms with Gasteiger partial charge in [0.15, 0.2) is 0 Å². The predicted octanol–water partition coefficient (Wildman–Crippen LogP) is 2.78. The summed E-state index contributed by atoms with van der Waals surface area (Å²) in [5, 5.41) is -0.278. The Balaban J connectivity index is 2.48. The molecule has 0 aromatic heterocycles. The molecule has 1 aromatic carbocycles. The molecule has 2 rings (SSSR count). The second-order valence-electron chi connectivity index (χ2n) is 6.95. The number of ether oxygens (including phenoxy) is 2. The largest absolute Gasteiger partial charge is 0.497 e. The maximum Gasteiger partial charge on any atom is 0.244 e. The molecule has 0 saturated carbocycles. The second-order valence-corrected chi connectivity index (χ2v) is 8.02. The zero-order valence-electron chi connectivity index (χ0n) is 16.3. The van der Waals surface area contributed by atoms with E-state index in [4.69, 9.17) is 9.47 Å². The topological polar surface area (TPSA) is 59.1 Å². The molecule has 1 fully saturated rings. The minimum Gasteiger partial charge on any atom is -0.497 e. The number of amides is 2. The number of rotatable bonds is 7. The summed E-state index contributed by atoms with van der Waals surface area (Å²) in [7, 11) is 6.66. The molecule has 1 aliphatic heterocycles. The summed E-state index contributed by atoms with van der Waals surface area (Å²) in [4.78, 5) is 28.8. The summed E-state index contributed by atoms with van der Waals surface area (Å²) < 4.78 is 10.9. The van der Waals surface area contributed by atoms with Crippen LogP contribution in [0, 0.1) is 5.92 Å². The lowest BCUT2D eigenvalue weighted by Crippen LogP contribution is -2.48. The van der Waals surface area contributed by atoms with Crippen molar-refractivity contribution in [2.24, 2.45) is 5.92 Å². The van der Waals surface area contributed by atoms with Gasteiger partial charge >= 0.3 is 0 Å². The Hall–Kier alpha value is -1.89. The zero-order chi connectivity index (χ0) is 19.4. The predicted molar refractivity (Wildman–Crippen MR) is 104 cm³/mol. The van der Waals surface area contributed by atoms with Crippen molar-refractivity contribution in [3.63, 3.8) is 0 Å². The van der Waals surface area contributed by atoms with Gasteiger partial charge in [0, 0.05) is 19.7 Å². The van der Waals surface area contributed by atoms with Crippen LogP contribution in [0.3, 0.4) is 0 Å². The summed E-state index contributed by atoms with van der Waals surface area (Å²) in [5.74, 6) is 1.94. The molecule has 0 bridgehead atoms. The molecule has 1 heterocycles. The van der Waals surface area contributed by atoms with Crippen LogP contribution in [0.1, 0.15) is 31.2 Å². The van der Waals surface area contributed by atoms with Crippen LogP contribution >= 0.6 is 11.8 Å². The Morgan fingerprint density at radius 2 is 2.00 bits per heavy atom. The van der Waals surface area contributed by atoms with E-state index in [0.717, 1.165) is 5.56 Å². The molecular weight excluding hydrogens is 352 g/mol. The summed E-state index contributed by atoms with van der Waals surface area (Å²) in [5.41, 5.74) is 0.850. The molecule has 1 saturated heterocycles. The standard InChI is InChI=1S/C19H28N2O4S/c1-12(2)9-15(18(23)20(3)4)21-17(22)11-26-19(21)14-10-13(24-5)7-8-16(14)25-6/h7-8,10,12,15,19H,9,11H2,1-6H3/t15-,19+/m1/s1. The van der Waals surface area contributed by atoms with E-state index in [1.165, 1.54) is 11.8 Å². The minimum atomic E-state index is -0.492. The first kappa shape index (κ1) is 20.4. The van der Waals surface area contributed by atoms with Gasteiger partial charge in [-0.15, -0.1) is 11.8 Å². The Morgan fingerprint density at radius 3 is 2.54 bits per heavy atom. The first-order valence-electron chi connectivity index (χ1n) is 8.66. The van der Waals surface area contributed by atoms with E-state index in [1.807, 2.05) is 18.2 Å². The van der Waals surface area contributed by atoms with Gasteiger partial charge in [-0.25, -0.2) is 0 Å². The van der Waals surface area contributed by atoms with Crippen molar-refractivity contribution in [3.05, 3.63) is 23.8 Å². The van der Waals surface area contributed by atoms with Gasteiger partial charge in [-0.1, -0.05) is 13.8 Å². The van der Waals surface area contributed by atoms with Crippen LogP contribution in [-0.4, -0.2) is 61.7 Å². The lowest BCUT2D eigenvalue weighted by molar-refractivity contribution is -0.143. The molecule has 6 nitrogen and oxygen atoms in total. The number of nitrogens with zero attached hydrogens (tertiary/aromatic N) is 2. The normalized spacial score (nSPS) is 18.2. The second kappa shape index (κ2) is 8.66. The minimum absolute atomic E-state index is 0.0225. The SMILES string of the molecule is COc1ccc(OC)c([C@@H]2SCC(=O)N2[C@H](CC(C)C)C(=O)N(C)C)c1. The van der Waals surface area contributed by atoms with Crippen LogP contribution in [-0.2, 0) is 9.59 Å². The fraction of sp³-hybridized carbons (Fsp3) is 0.579. The van der Waals surface area contributed by atoms with Crippen molar-refractivity contribution in [1.29, 1.82) is 0 Å². The third kappa shape index (κ3) is 4.26. The molecular formula is C19H28N2O4S. The van der Waals surface area contributed by atoms with Crippen molar-refractivity contribution in [1.82, 2.24) is 9.80 Å². The van der Waals surface area contributed by atoms with Crippen molar-refractivity contribution in [2.75, 3.05) is 34.1 Å². The quantitative estimate of drug-likeness (QED) is 0.728. The molecule has 0 N–H and O–H groups in total. The van der Waals surface area contributed by atoms with Gasteiger partial charge in [0.25, 0.3) is 0 Å². The number of hydrogen-bond acceptors (Lipinski definition) is 5. The maximum absolute atomic E-state index is 12.8. The van der Waals surface area contributed by atoms with E-state index in [1.54, 1.807) is 38.1 Å².